The summed E-state index contributed by atoms with van der Waals surface area (Å²) in [4.78, 5) is 0. The van der Waals surface area contributed by atoms with Crippen LogP contribution in [0.25, 0.3) is 0 Å². The van der Waals surface area contributed by atoms with Gasteiger partial charge in [0.05, 0.1) is 19.3 Å². The fourth-order valence-electron chi connectivity index (χ4n) is 3.52. The molecule has 1 spiro atoms. The van der Waals surface area contributed by atoms with Gasteiger partial charge in [-0.25, -0.2) is 0 Å². The Morgan fingerprint density at radius 1 is 1.35 bits per heavy atom. The van der Waals surface area contributed by atoms with E-state index in [0.29, 0.717) is 23.9 Å². The highest BCUT2D eigenvalue weighted by Gasteiger charge is 2.55. The maximum absolute atomic E-state index is 5.77. The van der Waals surface area contributed by atoms with Crippen LogP contribution in [0.3, 0.4) is 0 Å². The number of hydrogen-bond acceptors (Lipinski definition) is 3. The Morgan fingerprint density at radius 2 is 2.10 bits per heavy atom. The zero-order valence-electron chi connectivity index (χ0n) is 13.3. The maximum Gasteiger partial charge on any atom is 0.118 e. The smallest absolute Gasteiger partial charge is 0.118 e. The Morgan fingerprint density at radius 3 is 2.70 bits per heavy atom. The van der Waals surface area contributed by atoms with Crippen LogP contribution in [0.2, 0.25) is 0 Å². The van der Waals surface area contributed by atoms with Crippen LogP contribution in [0.4, 0.5) is 0 Å². The van der Waals surface area contributed by atoms with Crippen molar-refractivity contribution < 1.29 is 14.2 Å². The number of methoxy groups -OCH3 is 1. The highest BCUT2D eigenvalue weighted by Crippen LogP contribution is 2.46. The third kappa shape index (κ3) is 3.63. The summed E-state index contributed by atoms with van der Waals surface area (Å²) >= 11 is 0. The van der Waals surface area contributed by atoms with Crippen molar-refractivity contribution >= 4 is 0 Å². The Bertz CT molecular complexity index is 311. The molecule has 3 heteroatoms. The molecule has 0 aromatic heterocycles. The normalized spacial score (nSPS) is 33.6. The van der Waals surface area contributed by atoms with Crippen LogP contribution < -0.4 is 0 Å². The second-order valence-corrected chi connectivity index (χ2v) is 6.58. The van der Waals surface area contributed by atoms with E-state index in [1.165, 1.54) is 12.8 Å². The molecule has 0 bridgehead atoms. The molecule has 20 heavy (non-hydrogen) atoms. The Balaban J connectivity index is 1.91. The van der Waals surface area contributed by atoms with E-state index in [9.17, 15) is 0 Å². The minimum Gasteiger partial charge on any atom is -0.381 e. The van der Waals surface area contributed by atoms with Gasteiger partial charge < -0.3 is 14.2 Å². The predicted octanol–water partition coefficient (Wildman–Crippen LogP) is 3.44. The van der Waals surface area contributed by atoms with Gasteiger partial charge in [0.2, 0.25) is 0 Å². The van der Waals surface area contributed by atoms with E-state index in [0.717, 1.165) is 32.7 Å². The topological polar surface area (TPSA) is 31.0 Å². The van der Waals surface area contributed by atoms with E-state index >= 15 is 0 Å². The molecular weight excluding hydrogens is 252 g/mol. The molecule has 0 saturated carbocycles. The van der Waals surface area contributed by atoms with Crippen LogP contribution in [-0.4, -0.2) is 38.6 Å². The highest BCUT2D eigenvalue weighted by molar-refractivity contribution is 5.03. The summed E-state index contributed by atoms with van der Waals surface area (Å²) in [6.45, 7) is 10.9. The second-order valence-electron chi connectivity index (χ2n) is 6.58. The van der Waals surface area contributed by atoms with Gasteiger partial charge in [0.15, 0.2) is 0 Å². The molecule has 0 aromatic rings. The van der Waals surface area contributed by atoms with Crippen LogP contribution in [0.1, 0.15) is 39.5 Å². The lowest BCUT2D eigenvalue weighted by molar-refractivity contribution is -0.0274. The first-order chi connectivity index (χ1) is 9.63. The molecule has 2 aliphatic rings. The van der Waals surface area contributed by atoms with Crippen molar-refractivity contribution in [1.82, 2.24) is 0 Å². The van der Waals surface area contributed by atoms with Crippen LogP contribution in [0.15, 0.2) is 12.7 Å². The summed E-state index contributed by atoms with van der Waals surface area (Å²) in [6, 6.07) is 0. The van der Waals surface area contributed by atoms with Crippen molar-refractivity contribution in [3.05, 3.63) is 12.7 Å². The van der Waals surface area contributed by atoms with Crippen molar-refractivity contribution in [1.29, 1.82) is 0 Å². The summed E-state index contributed by atoms with van der Waals surface area (Å²) in [7, 11) is 1.80. The van der Waals surface area contributed by atoms with Gasteiger partial charge >= 0.3 is 0 Å². The van der Waals surface area contributed by atoms with Gasteiger partial charge in [0.25, 0.3) is 0 Å². The van der Waals surface area contributed by atoms with Gasteiger partial charge in [0.1, 0.15) is 5.60 Å². The molecule has 3 nitrogen and oxygen atoms in total. The fraction of sp³-hybridized carbons (Fsp3) is 0.882. The van der Waals surface area contributed by atoms with Gasteiger partial charge in [-0.1, -0.05) is 13.0 Å². The second kappa shape index (κ2) is 7.06. The van der Waals surface area contributed by atoms with Gasteiger partial charge in [0, 0.05) is 13.7 Å². The Labute approximate surface area is 123 Å². The molecule has 5 atom stereocenters. The molecule has 2 aliphatic heterocycles. The van der Waals surface area contributed by atoms with E-state index in [4.69, 9.17) is 14.2 Å². The highest BCUT2D eigenvalue weighted by atomic mass is 16.6. The number of ether oxygens (including phenoxy) is 3. The number of hydrogen-bond donors (Lipinski definition) is 0. The standard InChI is InChI=1S/C17H30O3/c1-5-6-15(8-7-13(2)14(3)18-4)16-9-10-19-11-17(16)12-20-17/h5,13-16H,1,6-12H2,2-4H3/t13-,14+,15+,16?,17+/m0/s1. The van der Waals surface area contributed by atoms with Gasteiger partial charge in [-0.2, -0.15) is 0 Å². The minimum absolute atomic E-state index is 0.0437. The maximum atomic E-state index is 5.77. The van der Waals surface area contributed by atoms with Crippen molar-refractivity contribution in [3.63, 3.8) is 0 Å². The zero-order chi connectivity index (χ0) is 14.6. The summed E-state index contributed by atoms with van der Waals surface area (Å²) in [5.74, 6) is 1.91. The van der Waals surface area contributed by atoms with Crippen molar-refractivity contribution in [2.24, 2.45) is 17.8 Å². The molecule has 1 unspecified atom stereocenters. The first kappa shape index (κ1) is 16.0. The molecule has 0 radical (unpaired) electrons. The molecule has 0 N–H and O–H groups in total. The van der Waals surface area contributed by atoms with Gasteiger partial charge in [-0.15, -0.1) is 6.58 Å². The molecule has 2 saturated heterocycles. The van der Waals surface area contributed by atoms with E-state index < -0.39 is 0 Å². The average Bonchev–Trinajstić information content (AvgIpc) is 3.23. The SMILES string of the molecule is C=CC[C@H](CC[C@H](C)[C@@H](C)OC)C1CCOC[C@@]12CO2. The van der Waals surface area contributed by atoms with Crippen LogP contribution in [-0.2, 0) is 14.2 Å². The Kier molecular flexibility index (Phi) is 5.65. The van der Waals surface area contributed by atoms with Crippen LogP contribution in [0, 0.1) is 17.8 Å². The molecule has 0 aromatic carbocycles. The molecule has 0 amide bonds. The van der Waals surface area contributed by atoms with Crippen molar-refractivity contribution in [2.45, 2.75) is 51.2 Å². The first-order valence-corrected chi connectivity index (χ1v) is 7.98. The first-order valence-electron chi connectivity index (χ1n) is 7.98. The van der Waals surface area contributed by atoms with Crippen molar-refractivity contribution in [2.75, 3.05) is 26.9 Å². The monoisotopic (exact) mass is 282 g/mol. The number of allylic oxidation sites excluding steroid dienone is 1. The Hall–Kier alpha value is -0.380. The lowest BCUT2D eigenvalue weighted by atomic mass is 9.74. The lowest BCUT2D eigenvalue weighted by Crippen LogP contribution is -2.40. The van der Waals surface area contributed by atoms with Gasteiger partial charge in [-0.05, 0) is 50.4 Å². The number of rotatable bonds is 8. The molecule has 0 aliphatic carbocycles. The zero-order valence-corrected chi connectivity index (χ0v) is 13.3. The largest absolute Gasteiger partial charge is 0.381 e. The van der Waals surface area contributed by atoms with Crippen LogP contribution in [0.5, 0.6) is 0 Å². The van der Waals surface area contributed by atoms with E-state index in [2.05, 4.69) is 26.5 Å². The summed E-state index contributed by atoms with van der Waals surface area (Å²) in [5, 5.41) is 0. The lowest BCUT2D eigenvalue weighted by Gasteiger charge is -2.35. The molecule has 2 rings (SSSR count). The third-order valence-electron chi connectivity index (χ3n) is 5.31. The quantitative estimate of drug-likeness (QED) is 0.505. The van der Waals surface area contributed by atoms with E-state index in [-0.39, 0.29) is 5.60 Å². The third-order valence-corrected chi connectivity index (χ3v) is 5.31. The fourth-order valence-corrected chi connectivity index (χ4v) is 3.52. The molecule has 116 valence electrons. The number of epoxide rings is 1. The molecule has 2 heterocycles. The minimum atomic E-state index is 0.0437. The van der Waals surface area contributed by atoms with Crippen molar-refractivity contribution in [3.8, 4) is 0 Å². The van der Waals surface area contributed by atoms with Crippen LogP contribution >= 0.6 is 0 Å². The summed E-state index contributed by atoms with van der Waals surface area (Å²) < 4.78 is 16.8. The average molecular weight is 282 g/mol. The van der Waals surface area contributed by atoms with E-state index in [1.54, 1.807) is 7.11 Å². The molecular formula is C17H30O3. The molecule has 2 fully saturated rings. The summed E-state index contributed by atoms with van der Waals surface area (Å²) in [5.41, 5.74) is 0.0437. The van der Waals surface area contributed by atoms with E-state index in [1.807, 2.05) is 0 Å². The van der Waals surface area contributed by atoms with Gasteiger partial charge in [-0.3, -0.25) is 0 Å². The predicted molar refractivity (Wildman–Crippen MR) is 80.8 cm³/mol. The summed E-state index contributed by atoms with van der Waals surface area (Å²) in [6.07, 6.45) is 7.06.